The number of ether oxygens (including phenoxy) is 1. The predicted octanol–water partition coefficient (Wildman–Crippen LogP) is 1.27. The molecule has 0 aliphatic heterocycles. The third-order valence-electron chi connectivity index (χ3n) is 1.58. The van der Waals surface area contributed by atoms with Crippen molar-refractivity contribution in [2.24, 2.45) is 7.05 Å². The number of hydrogen-bond donors (Lipinski definition) is 1. The Hall–Kier alpha value is -1.45. The van der Waals surface area contributed by atoms with E-state index in [-0.39, 0.29) is 6.09 Å². The summed E-state index contributed by atoms with van der Waals surface area (Å²) >= 11 is 0. The number of carbonyl (C=O) groups excluding carboxylic acids is 1. The van der Waals surface area contributed by atoms with Crippen LogP contribution >= 0.6 is 0 Å². The Bertz CT molecular complexity index is 281. The van der Waals surface area contributed by atoms with Gasteiger partial charge in [-0.05, 0) is 13.0 Å². The second-order valence-electron chi connectivity index (χ2n) is 2.79. The molecule has 0 saturated carbocycles. The molecule has 0 bridgehead atoms. The summed E-state index contributed by atoms with van der Waals surface area (Å²) in [5.41, 5.74) is 0.994. The van der Waals surface area contributed by atoms with E-state index < -0.39 is 0 Å². The Morgan fingerprint density at radius 1 is 1.69 bits per heavy atom. The van der Waals surface area contributed by atoms with E-state index >= 15 is 0 Å². The number of amides is 1. The van der Waals surface area contributed by atoms with Crippen molar-refractivity contribution in [3.05, 3.63) is 24.0 Å². The largest absolute Gasteiger partial charge is 0.445 e. The van der Waals surface area contributed by atoms with E-state index in [2.05, 4.69) is 5.32 Å². The Morgan fingerprint density at radius 2 is 2.46 bits per heavy atom. The predicted molar refractivity (Wildman–Crippen MR) is 49.3 cm³/mol. The third-order valence-corrected chi connectivity index (χ3v) is 1.58. The van der Waals surface area contributed by atoms with E-state index in [1.165, 1.54) is 0 Å². The molecule has 4 heteroatoms. The summed E-state index contributed by atoms with van der Waals surface area (Å²) in [7, 11) is 1.93. The molecule has 1 aromatic rings. The third kappa shape index (κ3) is 3.19. The molecule has 0 aliphatic carbocycles. The Balaban J connectivity index is 2.30. The Morgan fingerprint density at radius 3 is 3.00 bits per heavy atom. The van der Waals surface area contributed by atoms with Crippen LogP contribution in [0.5, 0.6) is 0 Å². The van der Waals surface area contributed by atoms with Crippen molar-refractivity contribution in [3.8, 4) is 0 Å². The first kappa shape index (κ1) is 9.64. The summed E-state index contributed by atoms with van der Waals surface area (Å²) in [6.45, 7) is 2.77. The van der Waals surface area contributed by atoms with Crippen LogP contribution in [0.4, 0.5) is 4.79 Å². The normalized spacial score (nSPS) is 9.69. The van der Waals surface area contributed by atoms with Crippen molar-refractivity contribution in [1.82, 2.24) is 9.88 Å². The highest BCUT2D eigenvalue weighted by atomic mass is 16.5. The quantitative estimate of drug-likeness (QED) is 0.765. The van der Waals surface area contributed by atoms with Crippen molar-refractivity contribution in [2.45, 2.75) is 13.5 Å². The van der Waals surface area contributed by atoms with Crippen LogP contribution in [-0.2, 0) is 18.4 Å². The smallest absolute Gasteiger partial charge is 0.407 e. The first-order chi connectivity index (χ1) is 6.22. The van der Waals surface area contributed by atoms with Crippen molar-refractivity contribution >= 4 is 6.09 Å². The summed E-state index contributed by atoms with van der Waals surface area (Å²) in [4.78, 5) is 10.9. The second kappa shape index (κ2) is 4.54. The zero-order valence-electron chi connectivity index (χ0n) is 7.91. The topological polar surface area (TPSA) is 43.3 Å². The van der Waals surface area contributed by atoms with Gasteiger partial charge in [-0.25, -0.2) is 4.79 Å². The fourth-order valence-electron chi connectivity index (χ4n) is 0.991. The van der Waals surface area contributed by atoms with Gasteiger partial charge in [-0.1, -0.05) is 0 Å². The number of nitrogens with zero attached hydrogens (tertiary/aromatic N) is 1. The average molecular weight is 182 g/mol. The van der Waals surface area contributed by atoms with E-state index in [0.717, 1.165) is 5.56 Å². The molecule has 1 rings (SSSR count). The summed E-state index contributed by atoms with van der Waals surface area (Å²) in [6, 6.07) is 1.92. The number of nitrogens with one attached hydrogen (secondary N) is 1. The van der Waals surface area contributed by atoms with Gasteiger partial charge in [-0.3, -0.25) is 0 Å². The van der Waals surface area contributed by atoms with E-state index in [1.807, 2.05) is 37.0 Å². The van der Waals surface area contributed by atoms with Gasteiger partial charge >= 0.3 is 6.09 Å². The maximum Gasteiger partial charge on any atom is 0.407 e. The number of aryl methyl sites for hydroxylation is 1. The van der Waals surface area contributed by atoms with Crippen LogP contribution in [0.1, 0.15) is 12.5 Å². The molecule has 4 nitrogen and oxygen atoms in total. The van der Waals surface area contributed by atoms with E-state index in [4.69, 9.17) is 4.74 Å². The number of carbonyl (C=O) groups is 1. The monoisotopic (exact) mass is 182 g/mol. The minimum atomic E-state index is -0.369. The zero-order chi connectivity index (χ0) is 9.68. The maximum atomic E-state index is 10.9. The molecule has 1 amide bonds. The second-order valence-corrected chi connectivity index (χ2v) is 2.79. The standard InChI is InChI=1S/C9H14N2O2/c1-3-10-9(12)13-7-8-4-5-11(2)6-8/h4-6H,3,7H2,1-2H3,(H,10,12). The molecule has 1 aromatic heterocycles. The highest BCUT2D eigenvalue weighted by Crippen LogP contribution is 2.01. The van der Waals surface area contributed by atoms with Crippen LogP contribution < -0.4 is 5.32 Å². The highest BCUT2D eigenvalue weighted by Gasteiger charge is 2.00. The van der Waals surface area contributed by atoms with Crippen molar-refractivity contribution in [2.75, 3.05) is 6.54 Å². The van der Waals surface area contributed by atoms with Gasteiger partial charge in [-0.15, -0.1) is 0 Å². The van der Waals surface area contributed by atoms with Gasteiger partial charge in [0.2, 0.25) is 0 Å². The molecular formula is C9H14N2O2. The lowest BCUT2D eigenvalue weighted by Crippen LogP contribution is -2.23. The summed E-state index contributed by atoms with van der Waals surface area (Å²) < 4.78 is 6.83. The van der Waals surface area contributed by atoms with Gasteiger partial charge in [0.05, 0.1) is 0 Å². The molecule has 0 unspecified atom stereocenters. The van der Waals surface area contributed by atoms with Gasteiger partial charge in [0.25, 0.3) is 0 Å². The number of aromatic nitrogens is 1. The van der Waals surface area contributed by atoms with Crippen LogP contribution in [0.2, 0.25) is 0 Å². The molecule has 0 aliphatic rings. The lowest BCUT2D eigenvalue weighted by molar-refractivity contribution is 0.140. The molecule has 0 spiro atoms. The van der Waals surface area contributed by atoms with Crippen LogP contribution in [0.3, 0.4) is 0 Å². The number of rotatable bonds is 3. The molecule has 0 fully saturated rings. The number of hydrogen-bond acceptors (Lipinski definition) is 2. The van der Waals surface area contributed by atoms with Crippen LogP contribution in [0.25, 0.3) is 0 Å². The fourth-order valence-corrected chi connectivity index (χ4v) is 0.991. The Labute approximate surface area is 77.5 Å². The van der Waals surface area contributed by atoms with Gasteiger partial charge < -0.3 is 14.6 Å². The molecule has 0 aromatic carbocycles. The first-order valence-electron chi connectivity index (χ1n) is 4.24. The van der Waals surface area contributed by atoms with E-state index in [9.17, 15) is 4.79 Å². The molecular weight excluding hydrogens is 168 g/mol. The van der Waals surface area contributed by atoms with Gasteiger partial charge in [0.15, 0.2) is 0 Å². The van der Waals surface area contributed by atoms with Crippen LogP contribution in [0.15, 0.2) is 18.5 Å². The van der Waals surface area contributed by atoms with E-state index in [1.54, 1.807) is 0 Å². The maximum absolute atomic E-state index is 10.9. The van der Waals surface area contributed by atoms with Crippen LogP contribution in [0, 0.1) is 0 Å². The summed E-state index contributed by atoms with van der Waals surface area (Å²) in [5.74, 6) is 0. The van der Waals surface area contributed by atoms with Gasteiger partial charge in [-0.2, -0.15) is 0 Å². The molecule has 0 radical (unpaired) electrons. The molecule has 13 heavy (non-hydrogen) atoms. The SMILES string of the molecule is CCNC(=O)OCc1ccn(C)c1. The number of alkyl carbamates (subject to hydrolysis) is 1. The highest BCUT2D eigenvalue weighted by molar-refractivity contribution is 5.66. The van der Waals surface area contributed by atoms with E-state index in [0.29, 0.717) is 13.2 Å². The molecule has 1 heterocycles. The minimum absolute atomic E-state index is 0.326. The van der Waals surface area contributed by atoms with Gasteiger partial charge in [0.1, 0.15) is 6.61 Å². The lowest BCUT2D eigenvalue weighted by atomic mass is 10.4. The van der Waals surface area contributed by atoms with Crippen molar-refractivity contribution < 1.29 is 9.53 Å². The van der Waals surface area contributed by atoms with Crippen LogP contribution in [-0.4, -0.2) is 17.2 Å². The zero-order valence-corrected chi connectivity index (χ0v) is 7.91. The first-order valence-corrected chi connectivity index (χ1v) is 4.24. The minimum Gasteiger partial charge on any atom is -0.445 e. The average Bonchev–Trinajstić information content (AvgIpc) is 2.49. The Kier molecular flexibility index (Phi) is 3.37. The fraction of sp³-hybridized carbons (Fsp3) is 0.444. The molecule has 0 atom stereocenters. The molecule has 1 N–H and O–H groups in total. The summed E-state index contributed by atoms with van der Waals surface area (Å²) in [5, 5.41) is 2.55. The van der Waals surface area contributed by atoms with Crippen molar-refractivity contribution in [1.29, 1.82) is 0 Å². The molecule has 0 saturated heterocycles. The van der Waals surface area contributed by atoms with Gasteiger partial charge in [0, 0.05) is 31.5 Å². The summed E-state index contributed by atoms with van der Waals surface area (Å²) in [6.07, 6.45) is 3.46. The lowest BCUT2D eigenvalue weighted by Gasteiger charge is -2.02. The van der Waals surface area contributed by atoms with Crippen molar-refractivity contribution in [3.63, 3.8) is 0 Å². The molecule has 72 valence electrons.